The van der Waals surface area contributed by atoms with Crippen molar-refractivity contribution in [2.75, 3.05) is 12.5 Å². The second-order valence-electron chi connectivity index (χ2n) is 5.08. The van der Waals surface area contributed by atoms with Gasteiger partial charge < -0.3 is 14.4 Å². The molecule has 1 N–H and O–H groups in total. The molecule has 6 heteroatoms. The lowest BCUT2D eigenvalue weighted by molar-refractivity contribution is -0.335. The lowest BCUT2D eigenvalue weighted by atomic mass is 9.96. The summed E-state index contributed by atoms with van der Waals surface area (Å²) in [7, 11) is 0. The van der Waals surface area contributed by atoms with Crippen molar-refractivity contribution < 1.29 is 14.3 Å². The largest absolute Gasteiger partial charge is 0.323 e. The fourth-order valence-electron chi connectivity index (χ4n) is 2.81. The highest BCUT2D eigenvalue weighted by atomic mass is 32.2. The van der Waals surface area contributed by atoms with Crippen molar-refractivity contribution in [1.29, 1.82) is 0 Å². The van der Waals surface area contributed by atoms with Gasteiger partial charge in [0.2, 0.25) is 12.3 Å². The number of thioether (sulfide) groups is 1. The Kier molecular flexibility index (Phi) is 2.85. The van der Waals surface area contributed by atoms with Gasteiger partial charge in [0.1, 0.15) is 0 Å². The van der Waals surface area contributed by atoms with Gasteiger partial charge in [-0.15, -0.1) is 11.8 Å². The monoisotopic (exact) mass is 258 g/mol. The van der Waals surface area contributed by atoms with Gasteiger partial charge in [-0.2, -0.15) is 0 Å². The number of nitrogens with one attached hydrogen (secondary N) is 1. The highest BCUT2D eigenvalue weighted by Crippen LogP contribution is 2.45. The number of amides is 1. The standard InChI is InChI=1S/C11H18N2O3S/c1-7-5-17-11(2)4-3-8(9(14)13(7)11)12-10-15-6-16-10/h7-8,10,12H,3-6H2,1-2H3/t7-,8+,11-/m1/s1. The van der Waals surface area contributed by atoms with E-state index in [4.69, 9.17) is 9.47 Å². The van der Waals surface area contributed by atoms with Crippen LogP contribution in [0, 0.1) is 0 Å². The van der Waals surface area contributed by atoms with E-state index in [-0.39, 0.29) is 23.2 Å². The lowest BCUT2D eigenvalue weighted by Crippen LogP contribution is -2.62. The van der Waals surface area contributed by atoms with Crippen molar-refractivity contribution >= 4 is 17.7 Å². The molecule has 0 aromatic rings. The quantitative estimate of drug-likeness (QED) is 0.790. The van der Waals surface area contributed by atoms with E-state index in [1.807, 2.05) is 16.7 Å². The van der Waals surface area contributed by atoms with Gasteiger partial charge in [0, 0.05) is 11.8 Å². The minimum atomic E-state index is -0.390. The number of hydrogen-bond acceptors (Lipinski definition) is 5. The van der Waals surface area contributed by atoms with Crippen LogP contribution >= 0.6 is 11.8 Å². The van der Waals surface area contributed by atoms with Gasteiger partial charge in [-0.25, -0.2) is 0 Å². The zero-order chi connectivity index (χ0) is 12.0. The Labute approximate surface area is 105 Å². The number of hydrogen-bond donors (Lipinski definition) is 1. The van der Waals surface area contributed by atoms with Crippen molar-refractivity contribution in [3.05, 3.63) is 0 Å². The summed E-state index contributed by atoms with van der Waals surface area (Å²) in [6, 6.07) is 0.167. The van der Waals surface area contributed by atoms with Crippen LogP contribution in [0.5, 0.6) is 0 Å². The Morgan fingerprint density at radius 3 is 2.94 bits per heavy atom. The number of carbonyl (C=O) groups excluding carboxylic acids is 1. The Morgan fingerprint density at radius 2 is 2.29 bits per heavy atom. The third-order valence-electron chi connectivity index (χ3n) is 3.79. The van der Waals surface area contributed by atoms with E-state index in [1.165, 1.54) is 0 Å². The van der Waals surface area contributed by atoms with E-state index in [0.29, 0.717) is 12.8 Å². The second kappa shape index (κ2) is 4.12. The summed E-state index contributed by atoms with van der Waals surface area (Å²) >= 11 is 1.90. The maximum absolute atomic E-state index is 12.4. The molecule has 3 aliphatic heterocycles. The number of fused-ring (bicyclic) bond motifs is 1. The predicted molar refractivity (Wildman–Crippen MR) is 64.2 cm³/mol. The van der Waals surface area contributed by atoms with Gasteiger partial charge in [0.25, 0.3) is 0 Å². The number of nitrogens with zero attached hydrogens (tertiary/aromatic N) is 1. The first-order valence-electron chi connectivity index (χ1n) is 6.06. The molecule has 1 amide bonds. The number of carbonyl (C=O) groups is 1. The molecule has 0 aromatic carbocycles. The molecule has 5 nitrogen and oxygen atoms in total. The molecule has 0 spiro atoms. The normalized spacial score (nSPS) is 42.5. The zero-order valence-corrected chi connectivity index (χ0v) is 11.0. The van der Waals surface area contributed by atoms with Crippen LogP contribution in [-0.4, -0.2) is 46.7 Å². The Hall–Kier alpha value is -0.300. The third kappa shape index (κ3) is 1.87. The molecule has 0 aliphatic carbocycles. The predicted octanol–water partition coefficient (Wildman–Crippen LogP) is 0.706. The third-order valence-corrected chi connectivity index (χ3v) is 5.47. The average Bonchev–Trinajstić information content (AvgIpc) is 2.52. The van der Waals surface area contributed by atoms with Gasteiger partial charge in [0.15, 0.2) is 6.79 Å². The first-order chi connectivity index (χ1) is 8.10. The summed E-state index contributed by atoms with van der Waals surface area (Å²) < 4.78 is 10.3. The van der Waals surface area contributed by atoms with Crippen LogP contribution in [0.25, 0.3) is 0 Å². The Bertz CT molecular complexity index is 337. The molecule has 0 bridgehead atoms. The molecule has 0 aromatic heterocycles. The van der Waals surface area contributed by atoms with E-state index < -0.39 is 0 Å². The molecule has 3 saturated heterocycles. The summed E-state index contributed by atoms with van der Waals surface area (Å²) in [5.74, 6) is 1.22. The molecule has 3 heterocycles. The Balaban J connectivity index is 1.71. The molecule has 3 aliphatic rings. The van der Waals surface area contributed by atoms with Crippen molar-refractivity contribution in [1.82, 2.24) is 10.2 Å². The van der Waals surface area contributed by atoms with E-state index in [1.54, 1.807) is 0 Å². The summed E-state index contributed by atoms with van der Waals surface area (Å²) in [6.45, 7) is 4.62. The van der Waals surface area contributed by atoms with E-state index in [0.717, 1.165) is 18.6 Å². The number of rotatable bonds is 2. The molecular weight excluding hydrogens is 240 g/mol. The van der Waals surface area contributed by atoms with Crippen LogP contribution in [0.15, 0.2) is 0 Å². The fourth-order valence-corrected chi connectivity index (χ4v) is 4.23. The molecule has 3 atom stereocenters. The first kappa shape index (κ1) is 11.8. The highest BCUT2D eigenvalue weighted by Gasteiger charge is 2.50. The van der Waals surface area contributed by atoms with Gasteiger partial charge in [0.05, 0.1) is 10.9 Å². The van der Waals surface area contributed by atoms with Crippen LogP contribution in [0.2, 0.25) is 0 Å². The summed E-state index contributed by atoms with van der Waals surface area (Å²) in [4.78, 5) is 14.5. The highest BCUT2D eigenvalue weighted by molar-refractivity contribution is 8.00. The molecule has 0 unspecified atom stereocenters. The molecule has 96 valence electrons. The zero-order valence-electron chi connectivity index (χ0n) is 10.1. The minimum absolute atomic E-state index is 0.00396. The second-order valence-corrected chi connectivity index (χ2v) is 6.59. The van der Waals surface area contributed by atoms with Crippen molar-refractivity contribution in [3.8, 4) is 0 Å². The lowest BCUT2D eigenvalue weighted by Gasteiger charge is -2.45. The molecule has 3 rings (SSSR count). The summed E-state index contributed by atoms with van der Waals surface area (Å²) in [5, 5.41) is 3.11. The fraction of sp³-hybridized carbons (Fsp3) is 0.909. The Morgan fingerprint density at radius 1 is 1.53 bits per heavy atom. The van der Waals surface area contributed by atoms with E-state index in [9.17, 15) is 4.79 Å². The van der Waals surface area contributed by atoms with Gasteiger partial charge in [-0.1, -0.05) is 0 Å². The maximum Gasteiger partial charge on any atom is 0.241 e. The van der Waals surface area contributed by atoms with E-state index >= 15 is 0 Å². The number of piperidine rings is 1. The van der Waals surface area contributed by atoms with Crippen LogP contribution < -0.4 is 5.32 Å². The van der Waals surface area contributed by atoms with Crippen LogP contribution in [0.3, 0.4) is 0 Å². The van der Waals surface area contributed by atoms with Crippen molar-refractivity contribution in [2.45, 2.75) is 50.1 Å². The first-order valence-corrected chi connectivity index (χ1v) is 7.05. The SMILES string of the molecule is C[C@@H]1CS[C@]2(C)CC[C@H](NC3OCO3)C(=O)N12. The number of ether oxygens (including phenoxy) is 2. The van der Waals surface area contributed by atoms with Gasteiger partial charge in [-0.3, -0.25) is 10.1 Å². The maximum atomic E-state index is 12.4. The minimum Gasteiger partial charge on any atom is -0.323 e. The molecular formula is C11H18N2O3S. The molecule has 0 radical (unpaired) electrons. The van der Waals surface area contributed by atoms with Crippen molar-refractivity contribution in [2.24, 2.45) is 0 Å². The average molecular weight is 258 g/mol. The van der Waals surface area contributed by atoms with Crippen LogP contribution in [0.4, 0.5) is 0 Å². The van der Waals surface area contributed by atoms with Gasteiger partial charge in [-0.05, 0) is 26.7 Å². The smallest absolute Gasteiger partial charge is 0.241 e. The van der Waals surface area contributed by atoms with Gasteiger partial charge >= 0.3 is 0 Å². The topological polar surface area (TPSA) is 50.8 Å². The van der Waals surface area contributed by atoms with E-state index in [2.05, 4.69) is 19.2 Å². The molecule has 3 fully saturated rings. The summed E-state index contributed by atoms with van der Waals surface area (Å²) in [5.41, 5.74) is 0. The van der Waals surface area contributed by atoms with Crippen LogP contribution in [-0.2, 0) is 14.3 Å². The van der Waals surface area contributed by atoms with Crippen LogP contribution in [0.1, 0.15) is 26.7 Å². The molecule has 17 heavy (non-hydrogen) atoms. The van der Waals surface area contributed by atoms with Crippen molar-refractivity contribution in [3.63, 3.8) is 0 Å². The molecule has 0 saturated carbocycles. The summed E-state index contributed by atoms with van der Waals surface area (Å²) in [6.07, 6.45) is 1.49.